The molecule has 1 rings (SSSR count). The lowest BCUT2D eigenvalue weighted by Gasteiger charge is -2.11. The second kappa shape index (κ2) is 5.55. The maximum Gasteiger partial charge on any atom is 0.416 e. The van der Waals surface area contributed by atoms with Gasteiger partial charge in [0.25, 0.3) is 0 Å². The van der Waals surface area contributed by atoms with Gasteiger partial charge in [-0.15, -0.1) is 0 Å². The summed E-state index contributed by atoms with van der Waals surface area (Å²) in [6.07, 6.45) is -4.39. The number of ketones is 1. The van der Waals surface area contributed by atoms with Crippen LogP contribution in [0.3, 0.4) is 0 Å². The van der Waals surface area contributed by atoms with E-state index in [1.807, 2.05) is 0 Å². The largest absolute Gasteiger partial charge is 0.416 e. The molecule has 18 heavy (non-hydrogen) atoms. The molecule has 0 aromatic heterocycles. The first-order chi connectivity index (χ1) is 8.36. The van der Waals surface area contributed by atoms with Crippen molar-refractivity contribution in [1.82, 2.24) is 0 Å². The number of carbonyl (C=O) groups excluding carboxylic acids is 1. The van der Waals surface area contributed by atoms with E-state index in [9.17, 15) is 18.0 Å². The number of azide groups is 1. The molecule has 0 radical (unpaired) electrons. The van der Waals surface area contributed by atoms with Gasteiger partial charge in [-0.25, -0.2) is 0 Å². The van der Waals surface area contributed by atoms with Gasteiger partial charge in [-0.3, -0.25) is 4.79 Å². The zero-order chi connectivity index (χ0) is 13.8. The minimum atomic E-state index is -4.39. The molecule has 7 heteroatoms. The first kappa shape index (κ1) is 14.1. The Morgan fingerprint density at radius 2 is 1.94 bits per heavy atom. The van der Waals surface area contributed by atoms with E-state index in [1.54, 1.807) is 6.92 Å². The predicted molar refractivity (Wildman–Crippen MR) is 58.9 cm³/mol. The molecule has 0 fully saturated rings. The van der Waals surface area contributed by atoms with Crippen molar-refractivity contribution in [2.24, 2.45) is 5.11 Å². The van der Waals surface area contributed by atoms with Gasteiger partial charge >= 0.3 is 6.18 Å². The van der Waals surface area contributed by atoms with Gasteiger partial charge < -0.3 is 0 Å². The zero-order valence-electron chi connectivity index (χ0n) is 9.48. The van der Waals surface area contributed by atoms with Crippen LogP contribution in [0.25, 0.3) is 10.4 Å². The summed E-state index contributed by atoms with van der Waals surface area (Å²) in [7, 11) is 0. The van der Waals surface area contributed by atoms with Gasteiger partial charge in [-0.2, -0.15) is 13.2 Å². The molecule has 0 heterocycles. The summed E-state index contributed by atoms with van der Waals surface area (Å²) >= 11 is 0. The Balaban J connectivity index is 2.85. The molecule has 0 N–H and O–H groups in total. The highest BCUT2D eigenvalue weighted by atomic mass is 19.4. The lowest BCUT2D eigenvalue weighted by Crippen LogP contribution is -2.12. The van der Waals surface area contributed by atoms with Crippen LogP contribution in [0.15, 0.2) is 29.4 Å². The van der Waals surface area contributed by atoms with E-state index in [1.165, 1.54) is 12.1 Å². The Labute approximate surface area is 101 Å². The predicted octanol–water partition coefficient (Wildman–Crippen LogP) is 3.69. The van der Waals surface area contributed by atoms with Gasteiger partial charge in [0.1, 0.15) is 5.78 Å². The SMILES string of the molecule is CC(C(=O)CN=[N+]=[N-])c1ccc(C(F)(F)F)cc1. The van der Waals surface area contributed by atoms with Crippen LogP contribution in [-0.4, -0.2) is 12.3 Å². The number of nitrogens with zero attached hydrogens (tertiary/aromatic N) is 3. The molecular weight excluding hydrogens is 247 g/mol. The van der Waals surface area contributed by atoms with E-state index >= 15 is 0 Å². The molecule has 0 saturated heterocycles. The van der Waals surface area contributed by atoms with Crippen molar-refractivity contribution in [3.8, 4) is 0 Å². The van der Waals surface area contributed by atoms with Crippen molar-refractivity contribution >= 4 is 5.78 Å². The van der Waals surface area contributed by atoms with Crippen molar-refractivity contribution in [1.29, 1.82) is 0 Å². The summed E-state index contributed by atoms with van der Waals surface area (Å²) in [4.78, 5) is 14.0. The molecule has 4 nitrogen and oxygen atoms in total. The molecule has 96 valence electrons. The van der Waals surface area contributed by atoms with Crippen LogP contribution in [0.2, 0.25) is 0 Å². The molecule has 0 aliphatic carbocycles. The first-order valence-electron chi connectivity index (χ1n) is 5.07. The summed E-state index contributed by atoms with van der Waals surface area (Å²) < 4.78 is 37.0. The lowest BCUT2D eigenvalue weighted by atomic mass is 9.96. The topological polar surface area (TPSA) is 65.8 Å². The number of rotatable bonds is 4. The third kappa shape index (κ3) is 3.49. The molecule has 0 spiro atoms. The Kier molecular flexibility index (Phi) is 4.33. The van der Waals surface area contributed by atoms with Crippen LogP contribution in [0.1, 0.15) is 24.0 Å². The normalized spacial score (nSPS) is 12.7. The Morgan fingerprint density at radius 3 is 2.39 bits per heavy atom. The average molecular weight is 257 g/mol. The third-order valence-corrected chi connectivity index (χ3v) is 2.51. The molecule has 0 saturated carbocycles. The number of Topliss-reactive ketones (excluding diaryl/α,β-unsaturated/α-hetero) is 1. The maximum absolute atomic E-state index is 12.3. The number of carbonyl (C=O) groups is 1. The molecule has 0 aliphatic rings. The Hall–Kier alpha value is -2.01. The fourth-order valence-corrected chi connectivity index (χ4v) is 1.38. The van der Waals surface area contributed by atoms with Gasteiger partial charge in [0, 0.05) is 10.8 Å². The fraction of sp³-hybridized carbons (Fsp3) is 0.364. The van der Waals surface area contributed by atoms with E-state index in [-0.39, 0.29) is 12.3 Å². The highest BCUT2D eigenvalue weighted by molar-refractivity contribution is 5.87. The van der Waals surface area contributed by atoms with E-state index in [0.717, 1.165) is 12.1 Å². The zero-order valence-corrected chi connectivity index (χ0v) is 9.48. The smallest absolute Gasteiger partial charge is 0.299 e. The highest BCUT2D eigenvalue weighted by Crippen LogP contribution is 2.30. The van der Waals surface area contributed by atoms with Crippen LogP contribution < -0.4 is 0 Å². The van der Waals surface area contributed by atoms with E-state index in [4.69, 9.17) is 5.53 Å². The van der Waals surface area contributed by atoms with E-state index in [0.29, 0.717) is 5.56 Å². The van der Waals surface area contributed by atoms with Crippen molar-refractivity contribution in [2.45, 2.75) is 19.0 Å². The monoisotopic (exact) mass is 257 g/mol. The fourth-order valence-electron chi connectivity index (χ4n) is 1.38. The average Bonchev–Trinajstić information content (AvgIpc) is 2.34. The summed E-state index contributed by atoms with van der Waals surface area (Å²) in [5.74, 6) is -0.939. The highest BCUT2D eigenvalue weighted by Gasteiger charge is 2.30. The summed E-state index contributed by atoms with van der Waals surface area (Å²) in [5, 5.41) is 3.13. The van der Waals surface area contributed by atoms with Gasteiger partial charge in [0.2, 0.25) is 0 Å². The molecule has 1 aromatic rings. The minimum Gasteiger partial charge on any atom is -0.299 e. The number of alkyl halides is 3. The number of halogens is 3. The van der Waals surface area contributed by atoms with Crippen LogP contribution in [0.4, 0.5) is 13.2 Å². The molecule has 0 amide bonds. The standard InChI is InChI=1S/C11H10F3N3O/c1-7(10(18)6-16-17-15)8-2-4-9(5-3-8)11(12,13)14/h2-5,7H,6H2,1H3. The quantitative estimate of drug-likeness (QED) is 0.460. The van der Waals surface area contributed by atoms with E-state index in [2.05, 4.69) is 10.0 Å². The summed E-state index contributed by atoms with van der Waals surface area (Å²) in [6, 6.07) is 4.35. The molecule has 0 bridgehead atoms. The van der Waals surface area contributed by atoms with Crippen LogP contribution >= 0.6 is 0 Å². The summed E-state index contributed by atoms with van der Waals surface area (Å²) in [5.41, 5.74) is 7.77. The van der Waals surface area contributed by atoms with Gasteiger partial charge in [-0.1, -0.05) is 24.2 Å². The second-order valence-corrected chi connectivity index (χ2v) is 3.70. The van der Waals surface area contributed by atoms with Gasteiger partial charge in [-0.05, 0) is 23.2 Å². The second-order valence-electron chi connectivity index (χ2n) is 3.70. The minimum absolute atomic E-state index is 0.307. The van der Waals surface area contributed by atoms with Crippen LogP contribution in [0, 0.1) is 0 Å². The van der Waals surface area contributed by atoms with Crippen molar-refractivity contribution in [2.75, 3.05) is 6.54 Å². The van der Waals surface area contributed by atoms with E-state index < -0.39 is 17.7 Å². The third-order valence-electron chi connectivity index (χ3n) is 2.51. The molecule has 0 aliphatic heterocycles. The lowest BCUT2D eigenvalue weighted by molar-refractivity contribution is -0.137. The summed E-state index contributed by atoms with van der Waals surface area (Å²) in [6.45, 7) is 1.25. The molecule has 1 unspecified atom stereocenters. The van der Waals surface area contributed by atoms with Crippen LogP contribution in [0.5, 0.6) is 0 Å². The Morgan fingerprint density at radius 1 is 1.39 bits per heavy atom. The van der Waals surface area contributed by atoms with Crippen molar-refractivity contribution < 1.29 is 18.0 Å². The van der Waals surface area contributed by atoms with Crippen LogP contribution in [-0.2, 0) is 11.0 Å². The molecule has 1 aromatic carbocycles. The molecular formula is C11H10F3N3O. The van der Waals surface area contributed by atoms with Crippen molar-refractivity contribution in [3.05, 3.63) is 45.8 Å². The number of hydrogen-bond acceptors (Lipinski definition) is 2. The number of hydrogen-bond donors (Lipinski definition) is 0. The van der Waals surface area contributed by atoms with Crippen molar-refractivity contribution in [3.63, 3.8) is 0 Å². The maximum atomic E-state index is 12.3. The number of benzene rings is 1. The van der Waals surface area contributed by atoms with Gasteiger partial charge in [0.05, 0.1) is 12.1 Å². The van der Waals surface area contributed by atoms with Gasteiger partial charge in [0.15, 0.2) is 0 Å². The Bertz CT molecular complexity index is 475. The molecule has 1 atom stereocenters. The first-order valence-corrected chi connectivity index (χ1v) is 5.07.